The Morgan fingerprint density at radius 3 is 2.35 bits per heavy atom. The first kappa shape index (κ1) is 21.9. The van der Waals surface area contributed by atoms with Crippen molar-refractivity contribution in [2.75, 3.05) is 6.61 Å². The molecule has 0 N–H and O–H groups in total. The van der Waals surface area contributed by atoms with Gasteiger partial charge in [-0.3, -0.25) is 0 Å². The highest BCUT2D eigenvalue weighted by atomic mass is 19.1. The van der Waals surface area contributed by atoms with Crippen LogP contribution in [0.15, 0.2) is 54.6 Å². The minimum Gasteiger partial charge on any atom is -0.494 e. The highest BCUT2D eigenvalue weighted by molar-refractivity contribution is 5.85. The number of hydrogen-bond donors (Lipinski definition) is 0. The van der Waals surface area contributed by atoms with Crippen LogP contribution in [-0.2, 0) is 12.8 Å². The van der Waals surface area contributed by atoms with Gasteiger partial charge in [0, 0.05) is 5.39 Å². The largest absolute Gasteiger partial charge is 0.494 e. The molecule has 0 aromatic heterocycles. The zero-order valence-corrected chi connectivity index (χ0v) is 19.0. The molecule has 1 nitrogen and oxygen atoms in total. The van der Waals surface area contributed by atoms with Gasteiger partial charge in [-0.05, 0) is 97.6 Å². The second-order valence-electron chi connectivity index (χ2n) is 9.10. The number of rotatable bonds is 8. The summed E-state index contributed by atoms with van der Waals surface area (Å²) in [5.74, 6) is 2.37. The van der Waals surface area contributed by atoms with Crippen molar-refractivity contribution in [1.29, 1.82) is 0 Å². The van der Waals surface area contributed by atoms with Crippen LogP contribution in [0.1, 0.15) is 75.0 Å². The summed E-state index contributed by atoms with van der Waals surface area (Å²) in [5, 5.41) is 1.57. The predicted octanol–water partition coefficient (Wildman–Crippen LogP) is 8.24. The van der Waals surface area contributed by atoms with E-state index in [4.69, 9.17) is 4.74 Å². The fraction of sp³-hybridized carbons (Fsp3) is 0.448. The molecule has 2 heteroatoms. The van der Waals surface area contributed by atoms with Crippen LogP contribution in [-0.4, -0.2) is 6.61 Å². The molecule has 0 aliphatic heterocycles. The first-order chi connectivity index (χ1) is 15.2. The van der Waals surface area contributed by atoms with E-state index in [1.165, 1.54) is 49.7 Å². The van der Waals surface area contributed by atoms with Crippen molar-refractivity contribution < 1.29 is 9.13 Å². The Hall–Kier alpha value is -2.35. The minimum atomic E-state index is -0.0963. The summed E-state index contributed by atoms with van der Waals surface area (Å²) in [6.07, 6.45) is 9.72. The third-order valence-corrected chi connectivity index (χ3v) is 6.99. The van der Waals surface area contributed by atoms with Gasteiger partial charge in [0.15, 0.2) is 0 Å². The van der Waals surface area contributed by atoms with E-state index in [-0.39, 0.29) is 5.82 Å². The number of ether oxygens (including phenoxy) is 1. The number of benzene rings is 3. The molecule has 0 saturated heterocycles. The third kappa shape index (κ3) is 5.29. The molecule has 0 atom stereocenters. The van der Waals surface area contributed by atoms with Crippen LogP contribution in [0.2, 0.25) is 0 Å². The molecular formula is C29H35FO. The average molecular weight is 419 g/mol. The molecule has 1 aliphatic carbocycles. The van der Waals surface area contributed by atoms with Gasteiger partial charge >= 0.3 is 0 Å². The van der Waals surface area contributed by atoms with E-state index in [1.54, 1.807) is 0 Å². The Morgan fingerprint density at radius 2 is 1.65 bits per heavy atom. The molecule has 0 spiro atoms. The maximum absolute atomic E-state index is 15.0. The highest BCUT2D eigenvalue weighted by Gasteiger charge is 2.21. The smallest absolute Gasteiger partial charge is 0.134 e. The lowest BCUT2D eigenvalue weighted by atomic mass is 9.77. The lowest BCUT2D eigenvalue weighted by molar-refractivity contribution is 0.308. The summed E-state index contributed by atoms with van der Waals surface area (Å²) in [6, 6.07) is 18.7. The van der Waals surface area contributed by atoms with Crippen molar-refractivity contribution in [3.8, 4) is 5.75 Å². The Balaban J connectivity index is 1.37. The second-order valence-corrected chi connectivity index (χ2v) is 9.10. The monoisotopic (exact) mass is 418 g/mol. The summed E-state index contributed by atoms with van der Waals surface area (Å²) in [5.41, 5.74) is 3.56. The van der Waals surface area contributed by atoms with Gasteiger partial charge in [0.25, 0.3) is 0 Å². The molecule has 31 heavy (non-hydrogen) atoms. The first-order valence-corrected chi connectivity index (χ1v) is 12.1. The summed E-state index contributed by atoms with van der Waals surface area (Å²) < 4.78 is 20.6. The predicted molar refractivity (Wildman–Crippen MR) is 129 cm³/mol. The van der Waals surface area contributed by atoms with Gasteiger partial charge < -0.3 is 4.74 Å². The van der Waals surface area contributed by atoms with Crippen LogP contribution < -0.4 is 4.74 Å². The lowest BCUT2D eigenvalue weighted by Gasteiger charge is -2.28. The van der Waals surface area contributed by atoms with E-state index in [2.05, 4.69) is 31.2 Å². The molecule has 1 fully saturated rings. The molecule has 164 valence electrons. The first-order valence-electron chi connectivity index (χ1n) is 12.1. The Labute approximate surface area is 186 Å². The maximum Gasteiger partial charge on any atom is 0.134 e. The zero-order valence-electron chi connectivity index (χ0n) is 19.0. The van der Waals surface area contributed by atoms with Gasteiger partial charge in [0.2, 0.25) is 0 Å². The van der Waals surface area contributed by atoms with E-state index in [9.17, 15) is 0 Å². The summed E-state index contributed by atoms with van der Waals surface area (Å²) in [4.78, 5) is 0. The van der Waals surface area contributed by atoms with Gasteiger partial charge in [-0.1, -0.05) is 56.2 Å². The Kier molecular flexibility index (Phi) is 7.27. The molecule has 0 radical (unpaired) electrons. The molecule has 0 bridgehead atoms. The van der Waals surface area contributed by atoms with E-state index in [0.717, 1.165) is 41.4 Å². The van der Waals surface area contributed by atoms with Gasteiger partial charge in [-0.2, -0.15) is 0 Å². The molecule has 0 heterocycles. The van der Waals surface area contributed by atoms with E-state index in [0.29, 0.717) is 12.0 Å². The van der Waals surface area contributed by atoms with Crippen molar-refractivity contribution in [3.05, 3.63) is 77.1 Å². The molecule has 1 aliphatic rings. The summed E-state index contributed by atoms with van der Waals surface area (Å²) in [6.45, 7) is 4.87. The van der Waals surface area contributed by atoms with Crippen molar-refractivity contribution in [2.24, 2.45) is 5.92 Å². The fourth-order valence-corrected chi connectivity index (χ4v) is 5.19. The third-order valence-electron chi connectivity index (χ3n) is 6.99. The molecular weight excluding hydrogens is 383 g/mol. The lowest BCUT2D eigenvalue weighted by Crippen LogP contribution is -2.13. The quantitative estimate of drug-likeness (QED) is 0.358. The van der Waals surface area contributed by atoms with E-state index in [1.807, 2.05) is 37.3 Å². The van der Waals surface area contributed by atoms with Crippen molar-refractivity contribution in [3.63, 3.8) is 0 Å². The molecule has 0 amide bonds. The van der Waals surface area contributed by atoms with E-state index >= 15 is 4.39 Å². The fourth-order valence-electron chi connectivity index (χ4n) is 5.19. The SMILES string of the molecule is CCCC1CCC(c2ccc(CCc3ccc4cc(OCC)ccc4c3F)cc2)CC1. The van der Waals surface area contributed by atoms with Crippen LogP contribution in [0.5, 0.6) is 5.75 Å². The van der Waals surface area contributed by atoms with Gasteiger partial charge in [0.05, 0.1) is 6.61 Å². The molecule has 1 saturated carbocycles. The summed E-state index contributed by atoms with van der Waals surface area (Å²) in [7, 11) is 0. The number of aryl methyl sites for hydroxylation is 2. The molecule has 3 aromatic rings. The topological polar surface area (TPSA) is 9.23 Å². The van der Waals surface area contributed by atoms with Crippen LogP contribution in [0, 0.1) is 11.7 Å². The van der Waals surface area contributed by atoms with Gasteiger partial charge in [0.1, 0.15) is 11.6 Å². The number of fused-ring (bicyclic) bond motifs is 1. The van der Waals surface area contributed by atoms with Crippen LogP contribution in [0.4, 0.5) is 4.39 Å². The molecule has 3 aromatic carbocycles. The van der Waals surface area contributed by atoms with Crippen molar-refractivity contribution in [2.45, 2.75) is 71.1 Å². The number of hydrogen-bond acceptors (Lipinski definition) is 1. The minimum absolute atomic E-state index is 0.0963. The Morgan fingerprint density at radius 1 is 0.871 bits per heavy atom. The molecule has 0 unspecified atom stereocenters. The van der Waals surface area contributed by atoms with Gasteiger partial charge in [-0.15, -0.1) is 0 Å². The van der Waals surface area contributed by atoms with Gasteiger partial charge in [-0.25, -0.2) is 4.39 Å². The van der Waals surface area contributed by atoms with Crippen molar-refractivity contribution in [1.82, 2.24) is 0 Å². The van der Waals surface area contributed by atoms with Crippen LogP contribution in [0.3, 0.4) is 0 Å². The maximum atomic E-state index is 15.0. The summed E-state index contributed by atoms with van der Waals surface area (Å²) >= 11 is 0. The number of halogens is 1. The normalized spacial score (nSPS) is 18.9. The molecule has 4 rings (SSSR count). The van der Waals surface area contributed by atoms with Crippen LogP contribution in [0.25, 0.3) is 10.8 Å². The zero-order chi connectivity index (χ0) is 21.6. The van der Waals surface area contributed by atoms with E-state index < -0.39 is 0 Å². The van der Waals surface area contributed by atoms with Crippen LogP contribution >= 0.6 is 0 Å². The standard InChI is InChI=1S/C29H35FO/c1-3-5-21-6-11-23(12-7-21)24-13-8-22(9-14-24)10-15-25-16-17-26-20-27(31-4-2)18-19-28(26)29(25)30/h8-9,13-14,16-21,23H,3-7,10-12,15H2,1-2H3. The average Bonchev–Trinajstić information content (AvgIpc) is 2.80. The second kappa shape index (κ2) is 10.3. The van der Waals surface area contributed by atoms with Crippen molar-refractivity contribution >= 4 is 10.8 Å². The Bertz CT molecular complexity index is 984. The highest BCUT2D eigenvalue weighted by Crippen LogP contribution is 2.37.